The second-order valence-electron chi connectivity index (χ2n) is 9.60. The molecular formula is C28H53N3O4S3. The van der Waals surface area contributed by atoms with Gasteiger partial charge in [0, 0.05) is 18.4 Å². The average Bonchev–Trinajstić information content (AvgIpc) is 3.35. The number of unbranched alkanes of at least 4 members (excludes halogenated alkanes) is 5. The van der Waals surface area contributed by atoms with Gasteiger partial charge in [0.2, 0.25) is 0 Å². The number of carbonyl (C=O) groups excluding carboxylic acids is 1. The van der Waals surface area contributed by atoms with E-state index in [4.69, 9.17) is 22.1 Å². The smallest absolute Gasteiger partial charge is 0.330 e. The van der Waals surface area contributed by atoms with Crippen LogP contribution in [0, 0.1) is 0 Å². The number of thioether (sulfide) groups is 1. The van der Waals surface area contributed by atoms with Crippen molar-refractivity contribution in [2.24, 2.45) is 0 Å². The largest absolute Gasteiger partial charge is 0.463 e. The molecule has 0 aromatic carbocycles. The van der Waals surface area contributed by atoms with Crippen LogP contribution >= 0.6 is 23.1 Å². The molecule has 1 aromatic heterocycles. The van der Waals surface area contributed by atoms with Gasteiger partial charge in [-0.15, -0.1) is 11.8 Å². The summed E-state index contributed by atoms with van der Waals surface area (Å²) < 4.78 is 12.8. The van der Waals surface area contributed by atoms with Gasteiger partial charge in [-0.25, -0.2) is 4.79 Å². The summed E-state index contributed by atoms with van der Waals surface area (Å²) in [6, 6.07) is 0. The van der Waals surface area contributed by atoms with Crippen LogP contribution in [-0.2, 0) is 26.9 Å². The molecule has 0 fully saturated rings. The van der Waals surface area contributed by atoms with E-state index < -0.39 is 12.1 Å². The number of hydrogen-bond donors (Lipinski definition) is 1. The summed E-state index contributed by atoms with van der Waals surface area (Å²) in [4.78, 5) is 10.8. The fourth-order valence-corrected chi connectivity index (χ4v) is 5.83. The topological polar surface area (TPSA) is 81.5 Å². The van der Waals surface area contributed by atoms with Crippen LogP contribution in [-0.4, -0.2) is 83.6 Å². The van der Waals surface area contributed by atoms with Crippen molar-refractivity contribution in [3.63, 3.8) is 0 Å². The van der Waals surface area contributed by atoms with Crippen molar-refractivity contribution in [1.82, 2.24) is 10.2 Å². The number of rotatable bonds is 23. The van der Waals surface area contributed by atoms with Crippen LogP contribution in [0.1, 0.15) is 91.9 Å². The minimum Gasteiger partial charge on any atom is -0.463 e. The maximum absolute atomic E-state index is 10.8. The molecule has 0 amide bonds. The molecule has 10 heteroatoms. The van der Waals surface area contributed by atoms with Crippen LogP contribution in [0.25, 0.3) is 0 Å². The number of aliphatic hydroxyl groups is 1. The molecule has 0 bridgehead atoms. The Morgan fingerprint density at radius 1 is 0.974 bits per heavy atom. The Bertz CT molecular complexity index is 669. The minimum atomic E-state index is -0.564. The SMILES string of the molecule is C=CC(=O)OCCCCOCC(O)CSc1nnc([S-])s1.CCCC[N+](CCCC)(CCCC)CCCC. The number of ether oxygens (including phenoxy) is 2. The number of esters is 1. The summed E-state index contributed by atoms with van der Waals surface area (Å²) in [5.74, 6) is 0.0725. The highest BCUT2D eigenvalue weighted by atomic mass is 32.2. The Kier molecular flexibility index (Phi) is 24.7. The molecule has 7 nitrogen and oxygen atoms in total. The van der Waals surface area contributed by atoms with E-state index in [1.54, 1.807) is 0 Å². The van der Waals surface area contributed by atoms with Crippen molar-refractivity contribution in [2.45, 2.75) is 107 Å². The summed E-state index contributed by atoms with van der Waals surface area (Å²) in [6.07, 6.45) is 13.1. The molecule has 222 valence electrons. The quantitative estimate of drug-likeness (QED) is 0.0390. The summed E-state index contributed by atoms with van der Waals surface area (Å²) in [6.45, 7) is 19.5. The zero-order valence-electron chi connectivity index (χ0n) is 24.3. The number of quaternary nitrogens is 1. The van der Waals surface area contributed by atoms with Crippen LogP contribution in [0.15, 0.2) is 21.3 Å². The van der Waals surface area contributed by atoms with Crippen LogP contribution in [0.5, 0.6) is 0 Å². The lowest BCUT2D eigenvalue weighted by Gasteiger charge is -2.39. The van der Waals surface area contributed by atoms with E-state index in [1.807, 2.05) is 0 Å². The molecule has 1 unspecified atom stereocenters. The number of nitrogens with zero attached hydrogens (tertiary/aromatic N) is 3. The van der Waals surface area contributed by atoms with Gasteiger partial charge in [-0.05, 0) is 42.9 Å². The lowest BCUT2D eigenvalue weighted by Crippen LogP contribution is -2.50. The van der Waals surface area contributed by atoms with Crippen molar-refractivity contribution in [3.05, 3.63) is 12.7 Å². The van der Waals surface area contributed by atoms with E-state index in [-0.39, 0.29) is 6.61 Å². The summed E-state index contributed by atoms with van der Waals surface area (Å²) in [5, 5.41) is 17.3. The maximum atomic E-state index is 10.8. The van der Waals surface area contributed by atoms with Crippen molar-refractivity contribution in [2.75, 3.05) is 51.8 Å². The van der Waals surface area contributed by atoms with Crippen LogP contribution in [0.2, 0.25) is 0 Å². The third kappa shape index (κ3) is 20.2. The minimum absolute atomic E-state index is 0.263. The van der Waals surface area contributed by atoms with E-state index in [0.717, 1.165) is 23.3 Å². The van der Waals surface area contributed by atoms with Gasteiger partial charge in [-0.2, -0.15) is 10.2 Å². The fraction of sp³-hybridized carbons (Fsp3) is 0.821. The van der Waals surface area contributed by atoms with E-state index in [0.29, 0.717) is 23.3 Å². The lowest BCUT2D eigenvalue weighted by molar-refractivity contribution is -0.929. The molecule has 1 rings (SSSR count). The van der Waals surface area contributed by atoms with E-state index in [9.17, 15) is 9.90 Å². The molecule has 0 aliphatic heterocycles. The molecule has 1 N–H and O–H groups in total. The standard InChI is InChI=1S/C16H36N.C12H18N2O4S3/c1-5-9-13-17(14-10-6-2,15-11-7-3)16-12-8-4;1-2-10(16)18-6-4-3-5-17-7-9(15)8-20-12-14-13-11(19)21-12/h5-16H2,1-4H3;2,9,15H,1,3-8H2,(H,13,19)/q+1;/p-1. The monoisotopic (exact) mass is 591 g/mol. The molecule has 0 aliphatic rings. The van der Waals surface area contributed by atoms with Gasteiger partial charge in [0.1, 0.15) is 0 Å². The zero-order valence-corrected chi connectivity index (χ0v) is 26.8. The Balaban J connectivity index is 0.000000739. The first kappa shape index (κ1) is 37.2. The Hall–Kier alpha value is -0.780. The highest BCUT2D eigenvalue weighted by Crippen LogP contribution is 2.22. The van der Waals surface area contributed by atoms with Crippen molar-refractivity contribution in [1.29, 1.82) is 0 Å². The predicted molar refractivity (Wildman–Crippen MR) is 163 cm³/mol. The molecule has 1 heterocycles. The van der Waals surface area contributed by atoms with Gasteiger partial charge in [0.25, 0.3) is 0 Å². The van der Waals surface area contributed by atoms with Crippen LogP contribution in [0.3, 0.4) is 0 Å². The second-order valence-corrected chi connectivity index (χ2v) is 12.5. The molecule has 1 aromatic rings. The highest BCUT2D eigenvalue weighted by Gasteiger charge is 2.24. The van der Waals surface area contributed by atoms with Crippen molar-refractivity contribution in [3.8, 4) is 0 Å². The van der Waals surface area contributed by atoms with Gasteiger partial charge in [0.15, 0.2) is 0 Å². The molecule has 1 atom stereocenters. The molecule has 0 spiro atoms. The first-order valence-corrected chi connectivity index (χ1v) is 16.6. The van der Waals surface area contributed by atoms with E-state index in [2.05, 4.69) is 44.5 Å². The maximum Gasteiger partial charge on any atom is 0.330 e. The second kappa shape index (κ2) is 25.2. The number of carbonyl (C=O) groups is 1. The fourth-order valence-electron chi connectivity index (χ4n) is 3.87. The Labute approximate surface area is 246 Å². The number of aromatic nitrogens is 2. The van der Waals surface area contributed by atoms with Crippen LogP contribution < -0.4 is 0 Å². The summed E-state index contributed by atoms with van der Waals surface area (Å²) >= 11 is 7.60. The third-order valence-electron chi connectivity index (χ3n) is 6.14. The van der Waals surface area contributed by atoms with Crippen molar-refractivity contribution < 1.29 is 23.9 Å². The van der Waals surface area contributed by atoms with Gasteiger partial charge < -0.3 is 43.0 Å². The zero-order chi connectivity index (χ0) is 28.5. The molecule has 0 radical (unpaired) electrons. The first-order valence-electron chi connectivity index (χ1n) is 14.4. The molecular weight excluding hydrogens is 539 g/mol. The molecule has 38 heavy (non-hydrogen) atoms. The van der Waals surface area contributed by atoms with Gasteiger partial charge in [-0.1, -0.05) is 60.0 Å². The van der Waals surface area contributed by atoms with Gasteiger partial charge in [0.05, 0.1) is 49.8 Å². The summed E-state index contributed by atoms with van der Waals surface area (Å²) in [7, 11) is 0. The highest BCUT2D eigenvalue weighted by molar-refractivity contribution is 8.01. The lowest BCUT2D eigenvalue weighted by atomic mass is 10.1. The van der Waals surface area contributed by atoms with E-state index >= 15 is 0 Å². The van der Waals surface area contributed by atoms with Crippen LogP contribution in [0.4, 0.5) is 0 Å². The first-order chi connectivity index (χ1) is 18.4. The summed E-state index contributed by atoms with van der Waals surface area (Å²) in [5.41, 5.74) is 0. The molecule has 0 saturated carbocycles. The Morgan fingerprint density at radius 3 is 1.95 bits per heavy atom. The number of aliphatic hydroxyl groups excluding tert-OH is 1. The molecule has 0 aliphatic carbocycles. The average molecular weight is 592 g/mol. The number of hydrogen-bond acceptors (Lipinski definition) is 9. The van der Waals surface area contributed by atoms with E-state index in [1.165, 1.54) is 105 Å². The normalized spacial score (nSPS) is 12.0. The third-order valence-corrected chi connectivity index (χ3v) is 8.46. The molecule has 0 saturated heterocycles. The Morgan fingerprint density at radius 2 is 1.50 bits per heavy atom. The van der Waals surface area contributed by atoms with Gasteiger partial charge >= 0.3 is 5.97 Å². The van der Waals surface area contributed by atoms with Crippen molar-refractivity contribution >= 4 is 41.7 Å². The predicted octanol–water partition coefficient (Wildman–Crippen LogP) is 6.43. The van der Waals surface area contributed by atoms with Gasteiger partial charge in [-0.3, -0.25) is 0 Å².